The number of aromatic nitrogens is 2. The minimum Gasteiger partial charge on any atom is -0.444 e. The van der Waals surface area contributed by atoms with E-state index in [-0.39, 0.29) is 22.8 Å². The summed E-state index contributed by atoms with van der Waals surface area (Å²) in [5.41, 5.74) is 0.326. The number of Topliss-reactive ketones (excluding diaryl/α,β-unsaturated/α-hetero) is 1. The van der Waals surface area contributed by atoms with E-state index >= 15 is 0 Å². The fourth-order valence-electron chi connectivity index (χ4n) is 2.70. The average Bonchev–Trinajstić information content (AvgIpc) is 3.06. The van der Waals surface area contributed by atoms with Gasteiger partial charge in [-0.15, -0.1) is 10.2 Å². The van der Waals surface area contributed by atoms with E-state index in [9.17, 15) is 9.59 Å². The zero-order valence-electron chi connectivity index (χ0n) is 18.5. The predicted molar refractivity (Wildman–Crippen MR) is 116 cm³/mol. The second kappa shape index (κ2) is 10.1. The fraction of sp³-hybridized carbons (Fsp3) is 0.545. The third-order valence-corrected chi connectivity index (χ3v) is 4.66. The number of ketones is 1. The second-order valence-corrected chi connectivity index (χ2v) is 10.3. The highest BCUT2D eigenvalue weighted by Gasteiger charge is 2.25. The maximum absolute atomic E-state index is 12.3. The molecule has 0 aliphatic rings. The highest BCUT2D eigenvalue weighted by molar-refractivity contribution is 7.99. The molecule has 0 aliphatic carbocycles. The van der Waals surface area contributed by atoms with E-state index in [0.29, 0.717) is 18.1 Å². The lowest BCUT2D eigenvalue weighted by Crippen LogP contribution is -2.36. The number of rotatable bonds is 8. The Morgan fingerprint density at radius 1 is 1.10 bits per heavy atom. The highest BCUT2D eigenvalue weighted by Crippen LogP contribution is 2.25. The van der Waals surface area contributed by atoms with Crippen molar-refractivity contribution in [2.75, 3.05) is 5.75 Å². The molecule has 0 spiro atoms. The van der Waals surface area contributed by atoms with Gasteiger partial charge in [0.25, 0.3) is 5.22 Å². The predicted octanol–water partition coefficient (Wildman–Crippen LogP) is 4.98. The maximum Gasteiger partial charge on any atom is 0.408 e. The first-order valence-corrected chi connectivity index (χ1v) is 10.9. The van der Waals surface area contributed by atoms with Gasteiger partial charge >= 0.3 is 6.09 Å². The topological polar surface area (TPSA) is 94.3 Å². The van der Waals surface area contributed by atoms with E-state index in [1.165, 1.54) is 11.8 Å². The van der Waals surface area contributed by atoms with Gasteiger partial charge in [-0.1, -0.05) is 62.9 Å². The summed E-state index contributed by atoms with van der Waals surface area (Å²) in [6.45, 7) is 11.5. The lowest BCUT2D eigenvalue weighted by Gasteiger charge is -2.22. The van der Waals surface area contributed by atoms with Crippen molar-refractivity contribution >= 4 is 23.6 Å². The minimum absolute atomic E-state index is 0.0598. The van der Waals surface area contributed by atoms with Crippen LogP contribution in [0.2, 0.25) is 0 Å². The Labute approximate surface area is 182 Å². The summed E-state index contributed by atoms with van der Waals surface area (Å²) < 4.78 is 11.1. The lowest BCUT2D eigenvalue weighted by molar-refractivity contribution is -0.118. The Kier molecular flexibility index (Phi) is 8.06. The van der Waals surface area contributed by atoms with Crippen LogP contribution in [0.25, 0.3) is 0 Å². The van der Waals surface area contributed by atoms with Gasteiger partial charge in [0.1, 0.15) is 17.4 Å². The van der Waals surface area contributed by atoms with Crippen molar-refractivity contribution in [2.24, 2.45) is 5.41 Å². The van der Waals surface area contributed by atoms with E-state index in [0.717, 1.165) is 5.56 Å². The third-order valence-electron chi connectivity index (χ3n) is 3.78. The monoisotopic (exact) mass is 433 g/mol. The van der Waals surface area contributed by atoms with Gasteiger partial charge in [-0.05, 0) is 31.7 Å². The molecule has 8 heteroatoms. The van der Waals surface area contributed by atoms with Crippen LogP contribution in [0.5, 0.6) is 0 Å². The van der Waals surface area contributed by atoms with Crippen LogP contribution >= 0.6 is 11.8 Å². The Morgan fingerprint density at radius 2 is 1.77 bits per heavy atom. The van der Waals surface area contributed by atoms with Gasteiger partial charge in [0.2, 0.25) is 5.89 Å². The molecule has 1 N–H and O–H groups in total. The molecule has 0 bridgehead atoms. The summed E-state index contributed by atoms with van der Waals surface area (Å²) in [6.07, 6.45) is 0.392. The summed E-state index contributed by atoms with van der Waals surface area (Å²) in [7, 11) is 0. The number of thioether (sulfide) groups is 1. The number of benzene rings is 1. The number of ether oxygens (including phenoxy) is 1. The molecule has 1 aromatic carbocycles. The lowest BCUT2D eigenvalue weighted by atomic mass is 9.90. The minimum atomic E-state index is -0.620. The van der Waals surface area contributed by atoms with Crippen molar-refractivity contribution in [3.63, 3.8) is 0 Å². The van der Waals surface area contributed by atoms with Crippen LogP contribution in [0.15, 0.2) is 40.0 Å². The molecule has 0 radical (unpaired) electrons. The van der Waals surface area contributed by atoms with E-state index < -0.39 is 17.7 Å². The van der Waals surface area contributed by atoms with Crippen molar-refractivity contribution < 1.29 is 18.7 Å². The van der Waals surface area contributed by atoms with Gasteiger partial charge in [-0.2, -0.15) is 0 Å². The maximum atomic E-state index is 12.3. The second-order valence-electron chi connectivity index (χ2n) is 9.36. The highest BCUT2D eigenvalue weighted by atomic mass is 32.2. The molecule has 164 valence electrons. The SMILES string of the molecule is CC(C)(C)CC(=O)CSc1nnc([C@H](Cc2ccccc2)NC(=O)OC(C)(C)C)o1. The van der Waals surface area contributed by atoms with Crippen LogP contribution in [0.1, 0.15) is 65.5 Å². The van der Waals surface area contributed by atoms with Crippen molar-refractivity contribution in [3.8, 4) is 0 Å². The molecular weight excluding hydrogens is 402 g/mol. The molecule has 2 rings (SSSR count). The van der Waals surface area contributed by atoms with Crippen LogP contribution in [-0.4, -0.2) is 33.4 Å². The quantitative estimate of drug-likeness (QED) is 0.587. The number of carbonyl (C=O) groups is 2. The number of nitrogens with zero attached hydrogens (tertiary/aromatic N) is 2. The third kappa shape index (κ3) is 8.98. The number of amides is 1. The molecule has 7 nitrogen and oxygen atoms in total. The molecule has 0 saturated carbocycles. The first-order valence-electron chi connectivity index (χ1n) is 9.93. The van der Waals surface area contributed by atoms with E-state index in [1.54, 1.807) is 20.8 Å². The van der Waals surface area contributed by atoms with Gasteiger partial charge in [0.05, 0.1) is 5.75 Å². The summed E-state index contributed by atoms with van der Waals surface area (Å²) in [5.74, 6) is 0.664. The van der Waals surface area contributed by atoms with Crippen LogP contribution in [-0.2, 0) is 16.0 Å². The first kappa shape index (κ1) is 23.9. The van der Waals surface area contributed by atoms with E-state index in [2.05, 4.69) is 15.5 Å². The van der Waals surface area contributed by atoms with Crippen LogP contribution < -0.4 is 5.32 Å². The van der Waals surface area contributed by atoms with Crippen LogP contribution in [0.3, 0.4) is 0 Å². The Morgan fingerprint density at radius 3 is 2.37 bits per heavy atom. The van der Waals surface area contributed by atoms with Crippen LogP contribution in [0, 0.1) is 5.41 Å². The van der Waals surface area contributed by atoms with Crippen molar-refractivity contribution in [1.82, 2.24) is 15.5 Å². The van der Waals surface area contributed by atoms with Gasteiger partial charge in [0, 0.05) is 12.8 Å². The van der Waals surface area contributed by atoms with Gasteiger partial charge in [-0.25, -0.2) is 4.79 Å². The molecule has 2 aromatic rings. The molecule has 0 aliphatic heterocycles. The Hall–Kier alpha value is -2.35. The molecule has 30 heavy (non-hydrogen) atoms. The van der Waals surface area contributed by atoms with E-state index in [1.807, 2.05) is 51.1 Å². The number of carbonyl (C=O) groups excluding carboxylic acids is 2. The van der Waals surface area contributed by atoms with Crippen molar-refractivity contribution in [1.29, 1.82) is 0 Å². The van der Waals surface area contributed by atoms with Gasteiger partial charge < -0.3 is 14.5 Å². The molecular formula is C22H31N3O4S. The summed E-state index contributed by atoms with van der Waals surface area (Å²) >= 11 is 1.21. The number of alkyl carbamates (subject to hydrolysis) is 1. The zero-order chi connectivity index (χ0) is 22.4. The molecule has 0 saturated heterocycles. The summed E-state index contributed by atoms with van der Waals surface area (Å²) in [6, 6.07) is 9.15. The normalized spacial score (nSPS) is 13.0. The zero-order valence-corrected chi connectivity index (χ0v) is 19.3. The number of hydrogen-bond acceptors (Lipinski definition) is 7. The average molecular weight is 434 g/mol. The number of hydrogen-bond donors (Lipinski definition) is 1. The van der Waals surface area contributed by atoms with Gasteiger partial charge in [0.15, 0.2) is 0 Å². The fourth-order valence-corrected chi connectivity index (χ4v) is 3.33. The summed E-state index contributed by atoms with van der Waals surface area (Å²) in [5, 5.41) is 11.2. The number of nitrogens with one attached hydrogen (secondary N) is 1. The largest absolute Gasteiger partial charge is 0.444 e. The van der Waals surface area contributed by atoms with Gasteiger partial charge in [-0.3, -0.25) is 4.79 Å². The smallest absolute Gasteiger partial charge is 0.408 e. The molecule has 1 aromatic heterocycles. The molecule has 0 unspecified atom stereocenters. The Bertz CT molecular complexity index is 838. The standard InChI is InChI=1S/C22H31N3O4S/c1-21(2,3)13-16(26)14-30-20-25-24-18(28-20)17(12-15-10-8-7-9-11-15)23-19(27)29-22(4,5)6/h7-11,17H,12-14H2,1-6H3,(H,23,27)/t17-/m0/s1. The van der Waals surface area contributed by atoms with E-state index in [4.69, 9.17) is 9.15 Å². The van der Waals surface area contributed by atoms with Crippen molar-refractivity contribution in [2.45, 2.75) is 71.2 Å². The molecule has 1 amide bonds. The summed E-state index contributed by atoms with van der Waals surface area (Å²) in [4.78, 5) is 24.4. The first-order chi connectivity index (χ1) is 13.9. The van der Waals surface area contributed by atoms with Crippen LogP contribution in [0.4, 0.5) is 4.79 Å². The molecule has 1 heterocycles. The molecule has 1 atom stereocenters. The van der Waals surface area contributed by atoms with Crippen molar-refractivity contribution in [3.05, 3.63) is 41.8 Å². The molecule has 0 fully saturated rings. The Balaban J connectivity index is 2.08.